The topological polar surface area (TPSA) is 92.8 Å². The van der Waals surface area contributed by atoms with E-state index < -0.39 is 25.0 Å². The predicted molar refractivity (Wildman–Crippen MR) is 92.9 cm³/mol. The second-order valence-corrected chi connectivity index (χ2v) is 6.83. The van der Waals surface area contributed by atoms with Crippen molar-refractivity contribution in [2.24, 2.45) is 11.8 Å². The summed E-state index contributed by atoms with van der Waals surface area (Å²) in [6, 6.07) is 7.20. The summed E-state index contributed by atoms with van der Waals surface area (Å²) in [6.07, 6.45) is 3.24. The second-order valence-electron chi connectivity index (χ2n) is 6.83. The minimum atomic E-state index is -0.760. The zero-order chi connectivity index (χ0) is 18.7. The Morgan fingerprint density at radius 3 is 2.23 bits per heavy atom. The third-order valence-corrected chi connectivity index (χ3v) is 4.92. The number of anilines is 1. The molecule has 0 bridgehead atoms. The number of carbonyl (C=O) groups is 4. The van der Waals surface area contributed by atoms with Gasteiger partial charge in [-0.05, 0) is 31.9 Å². The van der Waals surface area contributed by atoms with Crippen LogP contribution in [-0.4, -0.2) is 41.7 Å². The Morgan fingerprint density at radius 1 is 1.08 bits per heavy atom. The lowest BCUT2D eigenvalue weighted by Crippen LogP contribution is -2.37. The molecule has 1 heterocycles. The van der Waals surface area contributed by atoms with Crippen molar-refractivity contribution >= 4 is 29.4 Å². The molecule has 0 aromatic heterocycles. The van der Waals surface area contributed by atoms with Gasteiger partial charge in [-0.3, -0.25) is 24.1 Å². The molecular weight excluding hydrogens is 336 g/mol. The Hall–Kier alpha value is -2.70. The number of ether oxygens (including phenoxy) is 1. The Bertz CT molecular complexity index is 704. The Morgan fingerprint density at radius 2 is 1.65 bits per heavy atom. The summed E-state index contributed by atoms with van der Waals surface area (Å²) in [5, 5.41) is 2.61. The van der Waals surface area contributed by atoms with E-state index in [1.807, 2.05) is 19.1 Å². The van der Waals surface area contributed by atoms with Crippen molar-refractivity contribution in [3.8, 4) is 0 Å². The summed E-state index contributed by atoms with van der Waals surface area (Å²) in [4.78, 5) is 49.4. The van der Waals surface area contributed by atoms with Crippen molar-refractivity contribution in [1.82, 2.24) is 4.90 Å². The van der Waals surface area contributed by atoms with E-state index in [4.69, 9.17) is 4.74 Å². The molecule has 1 saturated heterocycles. The average Bonchev–Trinajstić information content (AvgIpc) is 2.87. The highest BCUT2D eigenvalue weighted by Crippen LogP contribution is 2.37. The van der Waals surface area contributed by atoms with E-state index >= 15 is 0 Å². The molecular formula is C19H22N2O5. The number of hydrogen-bond acceptors (Lipinski definition) is 5. The minimum absolute atomic E-state index is 0.291. The first-order chi connectivity index (χ1) is 12.5. The molecule has 0 radical (unpaired) electrons. The molecule has 0 unspecified atom stereocenters. The zero-order valence-corrected chi connectivity index (χ0v) is 14.7. The summed E-state index contributed by atoms with van der Waals surface area (Å²) < 4.78 is 4.91. The molecule has 1 N–H and O–H groups in total. The number of fused-ring (bicyclic) bond motifs is 1. The molecule has 138 valence electrons. The molecule has 1 aliphatic heterocycles. The number of nitrogens with one attached hydrogen (secondary N) is 1. The van der Waals surface area contributed by atoms with Gasteiger partial charge in [0.25, 0.3) is 5.91 Å². The molecule has 7 heteroatoms. The van der Waals surface area contributed by atoms with Crippen molar-refractivity contribution in [1.29, 1.82) is 0 Å². The van der Waals surface area contributed by atoms with Gasteiger partial charge in [0.05, 0.1) is 11.8 Å². The van der Waals surface area contributed by atoms with Crippen LogP contribution < -0.4 is 5.32 Å². The number of amides is 3. The fourth-order valence-electron chi connectivity index (χ4n) is 3.54. The van der Waals surface area contributed by atoms with Crippen molar-refractivity contribution in [2.45, 2.75) is 32.6 Å². The number of hydrogen-bond donors (Lipinski definition) is 1. The normalized spacial score (nSPS) is 22.1. The lowest BCUT2D eigenvalue weighted by atomic mass is 9.81. The summed E-state index contributed by atoms with van der Waals surface area (Å²) in [6.45, 7) is 1.04. The van der Waals surface area contributed by atoms with Gasteiger partial charge in [0.15, 0.2) is 6.61 Å². The van der Waals surface area contributed by atoms with E-state index in [0.29, 0.717) is 18.5 Å². The van der Waals surface area contributed by atoms with Gasteiger partial charge in [-0.1, -0.05) is 30.5 Å². The van der Waals surface area contributed by atoms with Gasteiger partial charge >= 0.3 is 5.97 Å². The molecule has 2 aliphatic rings. The first-order valence-corrected chi connectivity index (χ1v) is 8.83. The smallest absolute Gasteiger partial charge is 0.326 e. The van der Waals surface area contributed by atoms with Crippen molar-refractivity contribution in [2.75, 3.05) is 18.5 Å². The summed E-state index contributed by atoms with van der Waals surface area (Å²) in [5.74, 6) is -2.41. The number of carbonyl (C=O) groups excluding carboxylic acids is 4. The van der Waals surface area contributed by atoms with Crippen LogP contribution in [0.5, 0.6) is 0 Å². The Labute approximate surface area is 151 Å². The van der Waals surface area contributed by atoms with E-state index in [1.54, 1.807) is 12.1 Å². The van der Waals surface area contributed by atoms with Gasteiger partial charge in [0.1, 0.15) is 6.54 Å². The molecule has 26 heavy (non-hydrogen) atoms. The maximum atomic E-state index is 12.3. The standard InChI is InChI=1S/C19H22N2O5/c1-12-6-8-13(9-7-12)20-16(22)11-26-17(23)10-21-18(24)14-4-2-3-5-15(14)19(21)25/h6-9,14-15H,2-5,10-11H2,1H3,(H,20,22)/t14-,15-/m1/s1. The number of imide groups is 1. The number of nitrogens with zero attached hydrogens (tertiary/aromatic N) is 1. The van der Waals surface area contributed by atoms with Gasteiger partial charge < -0.3 is 10.1 Å². The highest BCUT2D eigenvalue weighted by molar-refractivity contribution is 6.07. The Balaban J connectivity index is 1.48. The van der Waals surface area contributed by atoms with Crippen molar-refractivity contribution < 1.29 is 23.9 Å². The number of rotatable bonds is 5. The fraction of sp³-hybridized carbons (Fsp3) is 0.474. The van der Waals surface area contributed by atoms with E-state index in [2.05, 4.69) is 5.32 Å². The van der Waals surface area contributed by atoms with Crippen LogP contribution in [-0.2, 0) is 23.9 Å². The predicted octanol–water partition coefficient (Wildman–Crippen LogP) is 1.65. The van der Waals surface area contributed by atoms with E-state index in [0.717, 1.165) is 23.3 Å². The SMILES string of the molecule is Cc1ccc(NC(=O)COC(=O)CN2C(=O)[C@@H]3CCCC[C@H]3C2=O)cc1. The number of aryl methyl sites for hydroxylation is 1. The minimum Gasteiger partial charge on any atom is -0.454 e. The third kappa shape index (κ3) is 3.92. The number of likely N-dealkylation sites (tertiary alicyclic amines) is 1. The molecule has 3 rings (SSSR count). The molecule has 0 spiro atoms. The molecule has 2 atom stereocenters. The fourth-order valence-corrected chi connectivity index (χ4v) is 3.54. The Kier molecular flexibility index (Phi) is 5.35. The maximum absolute atomic E-state index is 12.3. The van der Waals surface area contributed by atoms with Crippen LogP contribution in [0.3, 0.4) is 0 Å². The van der Waals surface area contributed by atoms with Crippen LogP contribution in [0.4, 0.5) is 5.69 Å². The molecule has 1 aliphatic carbocycles. The first kappa shape index (κ1) is 18.1. The molecule has 2 fully saturated rings. The van der Waals surface area contributed by atoms with Crippen LogP contribution >= 0.6 is 0 Å². The van der Waals surface area contributed by atoms with Crippen LogP contribution in [0.25, 0.3) is 0 Å². The third-order valence-electron chi connectivity index (χ3n) is 4.92. The van der Waals surface area contributed by atoms with Gasteiger partial charge in [0.2, 0.25) is 11.8 Å². The van der Waals surface area contributed by atoms with Gasteiger partial charge in [-0.2, -0.15) is 0 Å². The van der Waals surface area contributed by atoms with Gasteiger partial charge in [-0.15, -0.1) is 0 Å². The summed E-state index contributed by atoms with van der Waals surface area (Å²) >= 11 is 0. The van der Waals surface area contributed by atoms with E-state index in [9.17, 15) is 19.2 Å². The van der Waals surface area contributed by atoms with Gasteiger partial charge in [-0.25, -0.2) is 0 Å². The molecule has 1 aromatic rings. The maximum Gasteiger partial charge on any atom is 0.326 e. The number of esters is 1. The highest BCUT2D eigenvalue weighted by Gasteiger charge is 2.48. The second kappa shape index (κ2) is 7.68. The van der Waals surface area contributed by atoms with Crippen molar-refractivity contribution in [3.63, 3.8) is 0 Å². The van der Waals surface area contributed by atoms with E-state index in [1.165, 1.54) is 0 Å². The summed E-state index contributed by atoms with van der Waals surface area (Å²) in [7, 11) is 0. The molecule has 7 nitrogen and oxygen atoms in total. The van der Waals surface area contributed by atoms with Crippen LogP contribution in [0.15, 0.2) is 24.3 Å². The number of benzene rings is 1. The lowest BCUT2D eigenvalue weighted by Gasteiger charge is -2.19. The average molecular weight is 358 g/mol. The lowest BCUT2D eigenvalue weighted by molar-refractivity contribution is -0.154. The highest BCUT2D eigenvalue weighted by atomic mass is 16.5. The van der Waals surface area contributed by atoms with Crippen molar-refractivity contribution in [3.05, 3.63) is 29.8 Å². The van der Waals surface area contributed by atoms with Crippen LogP contribution in [0.2, 0.25) is 0 Å². The molecule has 1 saturated carbocycles. The largest absolute Gasteiger partial charge is 0.454 e. The monoisotopic (exact) mass is 358 g/mol. The first-order valence-electron chi connectivity index (χ1n) is 8.83. The van der Waals surface area contributed by atoms with Crippen LogP contribution in [0.1, 0.15) is 31.2 Å². The van der Waals surface area contributed by atoms with Gasteiger partial charge in [0, 0.05) is 5.69 Å². The molecule has 3 amide bonds. The van der Waals surface area contributed by atoms with E-state index in [-0.39, 0.29) is 23.7 Å². The zero-order valence-electron chi connectivity index (χ0n) is 14.7. The molecule has 1 aromatic carbocycles. The van der Waals surface area contributed by atoms with Crippen LogP contribution in [0, 0.1) is 18.8 Å². The summed E-state index contributed by atoms with van der Waals surface area (Å²) in [5.41, 5.74) is 1.67. The quantitative estimate of drug-likeness (QED) is 0.638.